The van der Waals surface area contributed by atoms with Crippen molar-refractivity contribution in [3.63, 3.8) is 0 Å². The van der Waals surface area contributed by atoms with Crippen molar-refractivity contribution in [2.45, 2.75) is 6.54 Å². The van der Waals surface area contributed by atoms with Crippen molar-refractivity contribution in [2.24, 2.45) is 7.05 Å². The monoisotopic (exact) mass is 409 g/mol. The van der Waals surface area contributed by atoms with E-state index in [-0.39, 0.29) is 5.69 Å². The number of aryl methyl sites for hydroxylation is 1. The Morgan fingerprint density at radius 1 is 1.00 bits per heavy atom. The maximum absolute atomic E-state index is 10.8. The highest BCUT2D eigenvalue weighted by Gasteiger charge is 2.11. The van der Waals surface area contributed by atoms with Crippen LogP contribution in [0.25, 0.3) is 33.1 Å². The molecule has 0 unspecified atom stereocenters. The van der Waals surface area contributed by atoms with Gasteiger partial charge in [-0.2, -0.15) is 0 Å². The molecule has 0 aliphatic rings. The summed E-state index contributed by atoms with van der Waals surface area (Å²) in [6.45, 7) is 0.542. The Balaban J connectivity index is 1.52. The zero-order chi connectivity index (χ0) is 21.4. The smallest absolute Gasteiger partial charge is 0.269 e. The van der Waals surface area contributed by atoms with Crippen LogP contribution in [0.4, 0.5) is 11.4 Å². The number of anilines is 1. The van der Waals surface area contributed by atoms with Crippen LogP contribution in [-0.2, 0) is 13.6 Å². The molecule has 31 heavy (non-hydrogen) atoms. The van der Waals surface area contributed by atoms with Crippen LogP contribution in [-0.4, -0.2) is 19.5 Å². The Morgan fingerprint density at radius 3 is 2.61 bits per heavy atom. The molecule has 152 valence electrons. The number of fused-ring (bicyclic) bond motifs is 2. The molecule has 1 N–H and O–H groups in total. The predicted octanol–water partition coefficient (Wildman–Crippen LogP) is 5.31. The van der Waals surface area contributed by atoms with E-state index >= 15 is 0 Å². The molecule has 0 spiro atoms. The van der Waals surface area contributed by atoms with Gasteiger partial charge >= 0.3 is 0 Å². The lowest BCUT2D eigenvalue weighted by Gasteiger charge is -2.12. The first-order chi connectivity index (χ1) is 15.1. The number of rotatable bonds is 5. The minimum absolute atomic E-state index is 0.0862. The van der Waals surface area contributed by atoms with Crippen molar-refractivity contribution < 1.29 is 4.92 Å². The van der Waals surface area contributed by atoms with Crippen LogP contribution in [0.1, 0.15) is 5.56 Å². The highest BCUT2D eigenvalue weighted by molar-refractivity contribution is 5.97. The lowest BCUT2D eigenvalue weighted by molar-refractivity contribution is -0.384. The molecule has 2 heterocycles. The Labute approximate surface area is 178 Å². The summed E-state index contributed by atoms with van der Waals surface area (Å²) in [7, 11) is 2.03. The Morgan fingerprint density at radius 2 is 1.81 bits per heavy atom. The summed E-state index contributed by atoms with van der Waals surface area (Å²) in [5, 5.41) is 15.5. The standard InChI is InChI=1S/C24H19N5O2/c1-28-11-8-17-4-5-18(12-23(17)28)21-13-19(14-22-24(21)26-10-9-25-22)27-15-16-2-6-20(7-3-16)29(30)31/h2-14,27H,15H2,1H3. The van der Waals surface area contributed by atoms with Crippen molar-refractivity contribution in [3.05, 3.63) is 94.9 Å². The number of nitro benzene ring substituents is 1. The van der Waals surface area contributed by atoms with E-state index in [1.165, 1.54) is 17.5 Å². The Bertz CT molecular complexity index is 1420. The lowest BCUT2D eigenvalue weighted by atomic mass is 10.0. The first-order valence-corrected chi connectivity index (χ1v) is 9.86. The average Bonchev–Trinajstić information content (AvgIpc) is 3.17. The molecule has 0 amide bonds. The van der Waals surface area contributed by atoms with Crippen molar-refractivity contribution in [1.82, 2.24) is 14.5 Å². The van der Waals surface area contributed by atoms with Gasteiger partial charge < -0.3 is 9.88 Å². The number of hydrogen-bond acceptors (Lipinski definition) is 5. The Kier molecular flexibility index (Phi) is 4.55. The zero-order valence-corrected chi connectivity index (χ0v) is 16.8. The maximum Gasteiger partial charge on any atom is 0.269 e. The van der Waals surface area contributed by atoms with Gasteiger partial charge in [-0.25, -0.2) is 0 Å². The largest absolute Gasteiger partial charge is 0.381 e. The predicted molar refractivity (Wildman–Crippen MR) is 122 cm³/mol. The van der Waals surface area contributed by atoms with E-state index < -0.39 is 4.92 Å². The van der Waals surface area contributed by atoms with Crippen LogP contribution in [0.2, 0.25) is 0 Å². The molecule has 5 aromatic rings. The molecule has 0 radical (unpaired) electrons. The van der Waals surface area contributed by atoms with Gasteiger partial charge in [0.2, 0.25) is 0 Å². The second-order valence-electron chi connectivity index (χ2n) is 7.43. The van der Waals surface area contributed by atoms with Gasteiger partial charge in [-0.3, -0.25) is 20.1 Å². The first kappa shape index (κ1) is 18.7. The zero-order valence-electron chi connectivity index (χ0n) is 16.8. The molecule has 0 bridgehead atoms. The summed E-state index contributed by atoms with van der Waals surface area (Å²) in [4.78, 5) is 19.5. The second-order valence-corrected chi connectivity index (χ2v) is 7.43. The highest BCUT2D eigenvalue weighted by Crippen LogP contribution is 2.32. The van der Waals surface area contributed by atoms with Gasteiger partial charge in [-0.15, -0.1) is 0 Å². The van der Waals surface area contributed by atoms with Crippen LogP contribution >= 0.6 is 0 Å². The van der Waals surface area contributed by atoms with E-state index in [9.17, 15) is 10.1 Å². The molecule has 0 saturated heterocycles. The van der Waals surface area contributed by atoms with E-state index in [1.807, 2.05) is 13.1 Å². The molecule has 2 aromatic heterocycles. The number of nitro groups is 1. The minimum Gasteiger partial charge on any atom is -0.381 e. The van der Waals surface area contributed by atoms with Gasteiger partial charge in [0.1, 0.15) is 0 Å². The topological polar surface area (TPSA) is 85.9 Å². The fourth-order valence-electron chi connectivity index (χ4n) is 3.77. The van der Waals surface area contributed by atoms with Gasteiger partial charge in [-0.05, 0) is 40.8 Å². The van der Waals surface area contributed by atoms with Gasteiger partial charge in [0, 0.05) is 61.1 Å². The average molecular weight is 409 g/mol. The fourth-order valence-corrected chi connectivity index (χ4v) is 3.77. The van der Waals surface area contributed by atoms with Crippen molar-refractivity contribution >= 4 is 33.3 Å². The molecular weight excluding hydrogens is 390 g/mol. The summed E-state index contributed by atoms with van der Waals surface area (Å²) >= 11 is 0. The van der Waals surface area contributed by atoms with E-state index in [4.69, 9.17) is 0 Å². The summed E-state index contributed by atoms with van der Waals surface area (Å²) in [5.41, 5.74) is 6.82. The summed E-state index contributed by atoms with van der Waals surface area (Å²) in [6, 6.07) is 19.1. The highest BCUT2D eigenvalue weighted by atomic mass is 16.6. The third kappa shape index (κ3) is 3.57. The molecule has 7 nitrogen and oxygen atoms in total. The number of aromatic nitrogens is 3. The van der Waals surface area contributed by atoms with Gasteiger partial charge in [-0.1, -0.05) is 24.3 Å². The number of hydrogen-bond donors (Lipinski definition) is 1. The summed E-state index contributed by atoms with van der Waals surface area (Å²) < 4.78 is 2.10. The summed E-state index contributed by atoms with van der Waals surface area (Å²) in [6.07, 6.45) is 5.44. The van der Waals surface area contributed by atoms with Crippen LogP contribution in [0.5, 0.6) is 0 Å². The van der Waals surface area contributed by atoms with E-state index in [0.717, 1.165) is 38.9 Å². The molecule has 0 atom stereocenters. The molecule has 0 fully saturated rings. The first-order valence-electron chi connectivity index (χ1n) is 9.86. The van der Waals surface area contributed by atoms with E-state index in [0.29, 0.717) is 6.54 Å². The van der Waals surface area contributed by atoms with Crippen LogP contribution in [0.15, 0.2) is 79.3 Å². The normalized spacial score (nSPS) is 11.1. The molecule has 3 aromatic carbocycles. The van der Waals surface area contributed by atoms with E-state index in [2.05, 4.69) is 56.4 Å². The quantitative estimate of drug-likeness (QED) is 0.314. The number of nitrogens with zero attached hydrogens (tertiary/aromatic N) is 4. The second kappa shape index (κ2) is 7.53. The molecule has 7 heteroatoms. The van der Waals surface area contributed by atoms with Crippen molar-refractivity contribution in [2.75, 3.05) is 5.32 Å². The number of benzene rings is 3. The van der Waals surface area contributed by atoms with Crippen LogP contribution in [0.3, 0.4) is 0 Å². The van der Waals surface area contributed by atoms with E-state index in [1.54, 1.807) is 24.5 Å². The maximum atomic E-state index is 10.8. The van der Waals surface area contributed by atoms with Crippen molar-refractivity contribution in [3.8, 4) is 11.1 Å². The molecule has 0 saturated carbocycles. The SMILES string of the molecule is Cn1ccc2ccc(-c3cc(NCc4ccc([N+](=O)[O-])cc4)cc4nccnc34)cc21. The van der Waals surface area contributed by atoms with Crippen LogP contribution < -0.4 is 5.32 Å². The number of non-ortho nitro benzene ring substituents is 1. The lowest BCUT2D eigenvalue weighted by Crippen LogP contribution is -2.01. The molecule has 0 aliphatic heterocycles. The molecule has 5 rings (SSSR count). The Hall–Kier alpha value is -4.26. The fraction of sp³-hybridized carbons (Fsp3) is 0.0833. The van der Waals surface area contributed by atoms with Gasteiger partial charge in [0.05, 0.1) is 16.0 Å². The summed E-state index contributed by atoms with van der Waals surface area (Å²) in [5.74, 6) is 0. The minimum atomic E-state index is -0.394. The number of nitrogens with one attached hydrogen (secondary N) is 1. The van der Waals surface area contributed by atoms with Gasteiger partial charge in [0.25, 0.3) is 5.69 Å². The van der Waals surface area contributed by atoms with Gasteiger partial charge in [0.15, 0.2) is 0 Å². The third-order valence-corrected chi connectivity index (χ3v) is 5.42. The molecular formula is C24H19N5O2. The third-order valence-electron chi connectivity index (χ3n) is 5.42. The molecule has 0 aliphatic carbocycles. The van der Waals surface area contributed by atoms with Crippen molar-refractivity contribution in [1.29, 1.82) is 0 Å². The van der Waals surface area contributed by atoms with Crippen LogP contribution in [0, 0.1) is 10.1 Å².